The molecule has 134 valence electrons. The maximum absolute atomic E-state index is 9.78. The van der Waals surface area contributed by atoms with E-state index in [4.69, 9.17) is 19.9 Å². The fourth-order valence-corrected chi connectivity index (χ4v) is 2.77. The Morgan fingerprint density at radius 2 is 2.24 bits per heavy atom. The first kappa shape index (κ1) is 17.6. The van der Waals surface area contributed by atoms with E-state index in [-0.39, 0.29) is 13.2 Å². The van der Waals surface area contributed by atoms with Crippen LogP contribution in [0.15, 0.2) is 18.6 Å². The minimum atomic E-state index is -0.874. The monoisotopic (exact) mass is 346 g/mol. The van der Waals surface area contributed by atoms with E-state index in [1.807, 2.05) is 30.7 Å². The van der Waals surface area contributed by atoms with Crippen LogP contribution in [0.3, 0.4) is 0 Å². The molecule has 8 nitrogen and oxygen atoms in total. The van der Waals surface area contributed by atoms with Crippen molar-refractivity contribution >= 4 is 16.9 Å². The van der Waals surface area contributed by atoms with Crippen LogP contribution in [-0.2, 0) is 14.2 Å². The fourth-order valence-electron chi connectivity index (χ4n) is 2.77. The molecule has 0 unspecified atom stereocenters. The van der Waals surface area contributed by atoms with E-state index >= 15 is 0 Å². The number of rotatable bonds is 2. The third kappa shape index (κ3) is 3.60. The minimum Gasteiger partial charge on any atom is -0.394 e. The number of hydrogen-bond acceptors (Lipinski definition) is 7. The number of hydrogen-bond donors (Lipinski definition) is 2. The molecule has 3 heterocycles. The van der Waals surface area contributed by atoms with Gasteiger partial charge in [0.05, 0.1) is 18.6 Å². The summed E-state index contributed by atoms with van der Waals surface area (Å²) < 4.78 is 19.6. The first-order valence-electron chi connectivity index (χ1n) is 8.02. The van der Waals surface area contributed by atoms with Crippen molar-refractivity contribution in [3.8, 4) is 11.8 Å². The average molecular weight is 346 g/mol. The van der Waals surface area contributed by atoms with Gasteiger partial charge in [0.15, 0.2) is 12.0 Å². The highest BCUT2D eigenvalue weighted by Crippen LogP contribution is 2.29. The molecule has 0 spiro atoms. The topological polar surface area (TPSA) is 105 Å². The molecular formula is C17H22N4O4. The zero-order valence-corrected chi connectivity index (χ0v) is 14.5. The van der Waals surface area contributed by atoms with E-state index in [2.05, 4.69) is 21.8 Å². The van der Waals surface area contributed by atoms with Gasteiger partial charge in [-0.25, -0.2) is 9.97 Å². The third-order valence-corrected chi connectivity index (χ3v) is 3.97. The lowest BCUT2D eigenvalue weighted by Gasteiger charge is -2.38. The Labute approximate surface area is 145 Å². The van der Waals surface area contributed by atoms with Crippen LogP contribution >= 0.6 is 0 Å². The molecule has 1 saturated heterocycles. The summed E-state index contributed by atoms with van der Waals surface area (Å²) in [5.74, 6) is 5.26. The number of aliphatic hydroxyl groups excluding tert-OH is 1. The molecule has 1 fully saturated rings. The maximum Gasteiger partial charge on any atom is 0.164 e. The maximum atomic E-state index is 9.78. The Kier molecular flexibility index (Phi) is 4.92. The molecule has 3 N–H and O–H groups in total. The molecule has 0 radical (unpaired) electrons. The molecular weight excluding hydrogens is 324 g/mol. The first-order chi connectivity index (χ1) is 11.9. The van der Waals surface area contributed by atoms with Crippen molar-refractivity contribution in [2.24, 2.45) is 0 Å². The molecule has 1 aliphatic heterocycles. The van der Waals surface area contributed by atoms with Crippen molar-refractivity contribution in [2.75, 3.05) is 18.9 Å². The molecule has 0 saturated carbocycles. The number of aliphatic hydroxyl groups is 1. The predicted molar refractivity (Wildman–Crippen MR) is 91.3 cm³/mol. The Morgan fingerprint density at radius 3 is 2.96 bits per heavy atom. The van der Waals surface area contributed by atoms with Crippen molar-refractivity contribution in [2.45, 2.75) is 45.0 Å². The van der Waals surface area contributed by atoms with Gasteiger partial charge in [-0.3, -0.25) is 0 Å². The van der Waals surface area contributed by atoms with Crippen LogP contribution in [-0.4, -0.2) is 50.9 Å². The third-order valence-electron chi connectivity index (χ3n) is 3.97. The second-order valence-corrected chi connectivity index (χ2v) is 6.17. The number of nitrogen functional groups attached to an aromatic ring is 1. The van der Waals surface area contributed by atoms with Gasteiger partial charge in [0.25, 0.3) is 0 Å². The van der Waals surface area contributed by atoms with Gasteiger partial charge in [0.2, 0.25) is 0 Å². The second kappa shape index (κ2) is 6.98. The van der Waals surface area contributed by atoms with E-state index in [1.54, 1.807) is 6.92 Å². The van der Waals surface area contributed by atoms with Crippen molar-refractivity contribution < 1.29 is 19.3 Å². The molecule has 0 amide bonds. The molecule has 0 aliphatic carbocycles. The van der Waals surface area contributed by atoms with Crippen molar-refractivity contribution in [1.29, 1.82) is 0 Å². The lowest BCUT2D eigenvalue weighted by molar-refractivity contribution is -0.294. The van der Waals surface area contributed by atoms with E-state index in [1.165, 1.54) is 6.33 Å². The largest absolute Gasteiger partial charge is 0.394 e. The number of ether oxygens (including phenoxy) is 3. The van der Waals surface area contributed by atoms with E-state index in [9.17, 15) is 5.11 Å². The summed E-state index contributed by atoms with van der Waals surface area (Å²) in [6.45, 7) is 5.30. The van der Waals surface area contributed by atoms with Crippen LogP contribution < -0.4 is 5.73 Å². The standard InChI is InChI=1S/C17H22N4O4/c1-4-5-12-13(8-22)24-14(9-23-17(2,3)25-12)21-7-6-11-15(18)19-10-20-16(11)21/h6-7,10,12-14,22H,8-9H2,1-3H3,(H2,18,19,20)/t12-,13+,14+/m0/s1. The molecule has 2 aromatic heterocycles. The summed E-state index contributed by atoms with van der Waals surface area (Å²) in [5, 5.41) is 10.5. The van der Waals surface area contributed by atoms with Crippen LogP contribution in [0.25, 0.3) is 11.0 Å². The number of anilines is 1. The van der Waals surface area contributed by atoms with Gasteiger partial charge < -0.3 is 29.6 Å². The number of aromatic nitrogens is 3. The highest BCUT2D eigenvalue weighted by molar-refractivity contribution is 5.86. The molecule has 1 aliphatic rings. The van der Waals surface area contributed by atoms with E-state index in [0.717, 1.165) is 5.39 Å². The van der Waals surface area contributed by atoms with Crippen LogP contribution in [0.4, 0.5) is 5.82 Å². The molecule has 25 heavy (non-hydrogen) atoms. The summed E-state index contributed by atoms with van der Waals surface area (Å²) in [4.78, 5) is 8.28. The second-order valence-electron chi connectivity index (χ2n) is 6.17. The normalized spacial score (nSPS) is 26.5. The zero-order chi connectivity index (χ0) is 18.0. The predicted octanol–water partition coefficient (Wildman–Crippen LogP) is 1.06. The summed E-state index contributed by atoms with van der Waals surface area (Å²) >= 11 is 0. The molecule has 8 heteroatoms. The summed E-state index contributed by atoms with van der Waals surface area (Å²) in [7, 11) is 0. The molecule has 3 atom stereocenters. The van der Waals surface area contributed by atoms with Gasteiger partial charge in [-0.2, -0.15) is 0 Å². The number of nitrogens with two attached hydrogens (primary N) is 1. The van der Waals surface area contributed by atoms with Gasteiger partial charge in [-0.05, 0) is 26.8 Å². The zero-order valence-electron chi connectivity index (χ0n) is 14.5. The van der Waals surface area contributed by atoms with Crippen molar-refractivity contribution in [1.82, 2.24) is 14.5 Å². The van der Waals surface area contributed by atoms with Gasteiger partial charge in [-0.15, -0.1) is 5.92 Å². The Morgan fingerprint density at radius 1 is 1.44 bits per heavy atom. The SMILES string of the molecule is CC#C[C@@H]1OC(C)(C)OC[C@H](n2ccc3c(N)ncnc32)O[C@@H]1CO. The van der Waals surface area contributed by atoms with E-state index < -0.39 is 24.2 Å². The smallest absolute Gasteiger partial charge is 0.164 e. The Bertz CT molecular complexity index is 808. The van der Waals surface area contributed by atoms with E-state index in [0.29, 0.717) is 11.5 Å². The molecule has 2 aromatic rings. The highest BCUT2D eigenvalue weighted by atomic mass is 16.7. The molecule has 0 bridgehead atoms. The summed E-state index contributed by atoms with van der Waals surface area (Å²) in [5.41, 5.74) is 6.53. The van der Waals surface area contributed by atoms with Crippen molar-refractivity contribution in [3.05, 3.63) is 18.6 Å². The Balaban J connectivity index is 1.99. The lowest BCUT2D eigenvalue weighted by atomic mass is 10.2. The minimum absolute atomic E-state index is 0.212. The quantitative estimate of drug-likeness (QED) is 0.784. The van der Waals surface area contributed by atoms with Crippen LogP contribution in [0.2, 0.25) is 0 Å². The first-order valence-corrected chi connectivity index (χ1v) is 8.02. The number of fused-ring (bicyclic) bond motifs is 1. The molecule has 3 rings (SSSR count). The summed E-state index contributed by atoms with van der Waals surface area (Å²) in [6, 6.07) is 1.83. The van der Waals surface area contributed by atoms with Crippen LogP contribution in [0.1, 0.15) is 27.0 Å². The highest BCUT2D eigenvalue weighted by Gasteiger charge is 2.35. The van der Waals surface area contributed by atoms with Gasteiger partial charge >= 0.3 is 0 Å². The van der Waals surface area contributed by atoms with Crippen molar-refractivity contribution in [3.63, 3.8) is 0 Å². The van der Waals surface area contributed by atoms with Crippen LogP contribution in [0.5, 0.6) is 0 Å². The average Bonchev–Trinajstić information content (AvgIpc) is 2.99. The van der Waals surface area contributed by atoms with Gasteiger partial charge in [0.1, 0.15) is 30.0 Å². The fraction of sp³-hybridized carbons (Fsp3) is 0.529. The van der Waals surface area contributed by atoms with Gasteiger partial charge in [0, 0.05) is 6.20 Å². The van der Waals surface area contributed by atoms with Crippen LogP contribution in [0, 0.1) is 11.8 Å². The van der Waals surface area contributed by atoms with Gasteiger partial charge in [-0.1, -0.05) is 5.92 Å². The lowest BCUT2D eigenvalue weighted by Crippen LogP contribution is -2.46. The molecule has 0 aromatic carbocycles. The number of nitrogens with zero attached hydrogens (tertiary/aromatic N) is 3. The summed E-state index contributed by atoms with van der Waals surface area (Å²) in [6.07, 6.45) is 1.45. The Hall–Kier alpha value is -2.18.